The number of amides is 2. The van der Waals surface area contributed by atoms with Gasteiger partial charge in [0.1, 0.15) is 6.04 Å². The van der Waals surface area contributed by atoms with Gasteiger partial charge in [-0.05, 0) is 0 Å². The lowest BCUT2D eigenvalue weighted by Gasteiger charge is -2.11. The van der Waals surface area contributed by atoms with Gasteiger partial charge in [-0.3, -0.25) is 14.4 Å². The Morgan fingerprint density at radius 1 is 1.54 bits per heavy atom. The lowest BCUT2D eigenvalue weighted by molar-refractivity contribution is -0.140. The Kier molecular flexibility index (Phi) is 3.71. The van der Waals surface area contributed by atoms with Crippen molar-refractivity contribution in [1.82, 2.24) is 5.32 Å². The number of nitrogens with one attached hydrogen (secondary N) is 1. The number of carboxylic acid groups (broad SMARTS) is 1. The topological polar surface area (TPSA) is 136 Å². The van der Waals surface area contributed by atoms with Gasteiger partial charge in [-0.1, -0.05) is 0 Å². The molecule has 0 spiro atoms. The molecule has 0 heterocycles. The first-order valence-electron chi connectivity index (χ1n) is 3.91. The molecule has 0 saturated heterocycles. The summed E-state index contributed by atoms with van der Waals surface area (Å²) in [5, 5.41) is 10.3. The van der Waals surface area contributed by atoms with E-state index in [1.165, 1.54) is 0 Å². The average molecular weight is 190 g/mol. The van der Waals surface area contributed by atoms with Crippen LogP contribution in [0.15, 0.2) is 0 Å². The van der Waals surface area contributed by atoms with Gasteiger partial charge in [0.15, 0.2) is 0 Å². The van der Waals surface area contributed by atoms with Crippen molar-refractivity contribution in [2.24, 2.45) is 11.5 Å². The number of carboxylic acids is 1. The van der Waals surface area contributed by atoms with E-state index in [2.05, 4.69) is 0 Å². The zero-order chi connectivity index (χ0) is 11.3. The summed E-state index contributed by atoms with van der Waals surface area (Å²) >= 11 is 0. The standard InChI is InChI=1S/C6H11N3O4/c7-2-4(10)9-3(6(8)13)1-5(11)12/h3H,1-2,7H2,(H2,8,13)(H,9,10)(H,11,12)/t3-/m0/s1/i2D/t2-,3-. The summed E-state index contributed by atoms with van der Waals surface area (Å²) in [5.74, 6) is -3.22. The van der Waals surface area contributed by atoms with Crippen LogP contribution < -0.4 is 16.8 Å². The minimum atomic E-state index is -1.56. The molecule has 0 saturated carbocycles. The second-order valence-electron chi connectivity index (χ2n) is 2.23. The predicted molar refractivity (Wildman–Crippen MR) is 42.4 cm³/mol. The Bertz CT molecular complexity index is 255. The lowest BCUT2D eigenvalue weighted by Crippen LogP contribution is -2.47. The van der Waals surface area contributed by atoms with E-state index in [9.17, 15) is 14.4 Å². The summed E-state index contributed by atoms with van der Waals surface area (Å²) in [7, 11) is 0. The maximum atomic E-state index is 10.8. The number of rotatable bonds is 5. The molecule has 0 bridgehead atoms. The number of primary amides is 1. The van der Waals surface area contributed by atoms with Crippen LogP contribution in [0, 0.1) is 0 Å². The highest BCUT2D eigenvalue weighted by Crippen LogP contribution is 1.90. The molecule has 7 nitrogen and oxygen atoms in total. The number of carbonyl (C=O) groups is 3. The van der Waals surface area contributed by atoms with Gasteiger partial charge in [-0.15, -0.1) is 0 Å². The van der Waals surface area contributed by atoms with E-state index in [-0.39, 0.29) is 0 Å². The zero-order valence-corrected chi connectivity index (χ0v) is 6.69. The van der Waals surface area contributed by atoms with Crippen molar-refractivity contribution in [2.75, 3.05) is 6.52 Å². The molecule has 0 aliphatic carbocycles. The first-order chi connectivity index (χ1) is 6.34. The fraction of sp³-hybridized carbons (Fsp3) is 0.500. The van der Waals surface area contributed by atoms with Gasteiger partial charge in [-0.25, -0.2) is 0 Å². The highest BCUT2D eigenvalue weighted by Gasteiger charge is 2.20. The Morgan fingerprint density at radius 3 is 2.38 bits per heavy atom. The van der Waals surface area contributed by atoms with E-state index < -0.39 is 36.8 Å². The number of carbonyl (C=O) groups excluding carboxylic acids is 2. The van der Waals surface area contributed by atoms with E-state index in [0.29, 0.717) is 0 Å². The second-order valence-corrected chi connectivity index (χ2v) is 2.23. The number of nitrogens with two attached hydrogens (primary N) is 2. The van der Waals surface area contributed by atoms with Gasteiger partial charge in [0.25, 0.3) is 0 Å². The molecule has 0 fully saturated rings. The number of hydrogen-bond acceptors (Lipinski definition) is 4. The molecular weight excluding hydrogens is 178 g/mol. The Hall–Kier alpha value is -1.63. The largest absolute Gasteiger partial charge is 0.481 e. The van der Waals surface area contributed by atoms with Gasteiger partial charge in [0, 0.05) is 0 Å². The van der Waals surface area contributed by atoms with Crippen molar-refractivity contribution in [3.8, 4) is 0 Å². The maximum absolute atomic E-state index is 10.8. The molecule has 0 unspecified atom stereocenters. The smallest absolute Gasteiger partial charge is 0.305 e. The molecule has 0 rings (SSSR count). The van der Waals surface area contributed by atoms with Crippen molar-refractivity contribution < 1.29 is 20.9 Å². The fourth-order valence-corrected chi connectivity index (χ4v) is 0.617. The van der Waals surface area contributed by atoms with E-state index in [1.807, 2.05) is 5.32 Å². The first kappa shape index (κ1) is 9.46. The minimum Gasteiger partial charge on any atom is -0.481 e. The van der Waals surface area contributed by atoms with E-state index in [0.717, 1.165) is 0 Å². The molecular formula is C6H11N3O4. The molecule has 2 atom stereocenters. The van der Waals surface area contributed by atoms with Crippen LogP contribution in [0.1, 0.15) is 7.79 Å². The molecule has 0 aromatic carbocycles. The minimum absolute atomic E-state index is 0.631. The normalized spacial score (nSPS) is 15.3. The highest BCUT2D eigenvalue weighted by molar-refractivity contribution is 5.90. The molecule has 0 aromatic heterocycles. The summed E-state index contributed by atoms with van der Waals surface area (Å²) in [5.41, 5.74) is 9.68. The van der Waals surface area contributed by atoms with Crippen molar-refractivity contribution in [1.29, 1.82) is 0 Å². The van der Waals surface area contributed by atoms with Crippen LogP contribution >= 0.6 is 0 Å². The van der Waals surface area contributed by atoms with Crippen LogP contribution in [0.3, 0.4) is 0 Å². The monoisotopic (exact) mass is 190 g/mol. The van der Waals surface area contributed by atoms with Crippen LogP contribution in [0.2, 0.25) is 0 Å². The maximum Gasteiger partial charge on any atom is 0.305 e. The highest BCUT2D eigenvalue weighted by atomic mass is 16.4. The average Bonchev–Trinajstić information content (AvgIpc) is 2.01. The van der Waals surface area contributed by atoms with Crippen LogP contribution in [-0.4, -0.2) is 35.5 Å². The quantitative estimate of drug-likeness (QED) is 0.376. The van der Waals surface area contributed by atoms with Crippen LogP contribution in [0.25, 0.3) is 0 Å². The fourth-order valence-electron chi connectivity index (χ4n) is 0.617. The molecule has 2 amide bonds. The Labute approximate surface area is 75.5 Å². The van der Waals surface area contributed by atoms with Crippen molar-refractivity contribution >= 4 is 17.8 Å². The molecule has 13 heavy (non-hydrogen) atoms. The van der Waals surface area contributed by atoms with E-state index in [1.54, 1.807) is 0 Å². The Morgan fingerprint density at radius 2 is 2.08 bits per heavy atom. The number of hydrogen-bond donors (Lipinski definition) is 4. The zero-order valence-electron chi connectivity index (χ0n) is 7.69. The lowest BCUT2D eigenvalue weighted by atomic mass is 10.2. The van der Waals surface area contributed by atoms with E-state index >= 15 is 0 Å². The third-order valence-corrected chi connectivity index (χ3v) is 1.19. The first-order valence-corrected chi connectivity index (χ1v) is 3.34. The molecule has 7 heteroatoms. The SMILES string of the molecule is [2H][C@H](N)C(=O)N[C@@H](CC(=O)O)C(N)=O. The van der Waals surface area contributed by atoms with Gasteiger partial charge >= 0.3 is 5.97 Å². The van der Waals surface area contributed by atoms with Crippen molar-refractivity contribution in [3.63, 3.8) is 0 Å². The van der Waals surface area contributed by atoms with Crippen LogP contribution in [-0.2, 0) is 14.4 Å². The summed E-state index contributed by atoms with van der Waals surface area (Å²) in [6.07, 6.45) is -0.631. The van der Waals surface area contributed by atoms with Gasteiger partial charge in [-0.2, -0.15) is 0 Å². The Balaban J connectivity index is 4.31. The summed E-state index contributed by atoms with van der Waals surface area (Å²) in [6, 6.07) is -1.34. The van der Waals surface area contributed by atoms with Gasteiger partial charge in [0.05, 0.1) is 14.3 Å². The molecule has 0 aliphatic heterocycles. The molecule has 6 N–H and O–H groups in total. The van der Waals surface area contributed by atoms with Crippen LogP contribution in [0.4, 0.5) is 0 Å². The molecule has 74 valence electrons. The summed E-state index contributed by atoms with van der Waals surface area (Å²) in [4.78, 5) is 31.7. The predicted octanol–water partition coefficient (Wildman–Crippen LogP) is -2.61. The third kappa shape index (κ3) is 4.75. The third-order valence-electron chi connectivity index (χ3n) is 1.19. The number of aliphatic carboxylic acids is 1. The van der Waals surface area contributed by atoms with E-state index in [4.69, 9.17) is 17.9 Å². The van der Waals surface area contributed by atoms with Gasteiger partial charge in [0.2, 0.25) is 11.8 Å². The second kappa shape index (κ2) is 5.09. The molecule has 0 aromatic rings. The van der Waals surface area contributed by atoms with Crippen molar-refractivity contribution in [3.05, 3.63) is 0 Å². The van der Waals surface area contributed by atoms with Gasteiger partial charge < -0.3 is 21.9 Å². The molecule has 0 aliphatic rings. The molecule has 0 radical (unpaired) electrons. The summed E-state index contributed by atoms with van der Waals surface area (Å²) < 4.78 is 6.77. The van der Waals surface area contributed by atoms with Crippen molar-refractivity contribution in [2.45, 2.75) is 12.5 Å². The summed E-state index contributed by atoms with van der Waals surface area (Å²) in [6.45, 7) is -1.56. The van der Waals surface area contributed by atoms with Crippen LogP contribution in [0.5, 0.6) is 0 Å².